The summed E-state index contributed by atoms with van der Waals surface area (Å²) in [4.78, 5) is 37.8. The maximum Gasteiger partial charge on any atom is 0.338 e. The SMILES string of the molecule is CC(Sc1cccc(NC(=O)c2c(Cl)c(Cl)c(Cl)c(Cl)c2C(=O)O)c1)C(=O)Nc1ccc(F)cc1. The first-order chi connectivity index (χ1) is 16.5. The van der Waals surface area contributed by atoms with Gasteiger partial charge in [0.05, 0.1) is 36.5 Å². The molecule has 0 aliphatic rings. The number of carbonyl (C=O) groups is 3. The molecule has 1 atom stereocenters. The fraction of sp³-hybridized carbons (Fsp3) is 0.0870. The largest absolute Gasteiger partial charge is 0.478 e. The fourth-order valence-electron chi connectivity index (χ4n) is 2.92. The number of thioether (sulfide) groups is 1. The molecule has 0 aliphatic heterocycles. The van der Waals surface area contributed by atoms with Crippen LogP contribution in [0.3, 0.4) is 0 Å². The Balaban J connectivity index is 1.78. The second kappa shape index (κ2) is 11.5. The number of carboxylic acid groups (broad SMARTS) is 1. The molecule has 6 nitrogen and oxygen atoms in total. The van der Waals surface area contributed by atoms with E-state index >= 15 is 0 Å². The van der Waals surface area contributed by atoms with Gasteiger partial charge >= 0.3 is 5.97 Å². The summed E-state index contributed by atoms with van der Waals surface area (Å²) in [6.45, 7) is 1.69. The second-order valence-electron chi connectivity index (χ2n) is 7.05. The number of carboxylic acids is 1. The number of carbonyl (C=O) groups excluding carboxylic acids is 2. The molecule has 2 amide bonds. The highest BCUT2D eigenvalue weighted by molar-refractivity contribution is 8.00. The van der Waals surface area contributed by atoms with E-state index in [1.165, 1.54) is 36.0 Å². The average molecular weight is 576 g/mol. The van der Waals surface area contributed by atoms with E-state index in [0.29, 0.717) is 16.3 Å². The van der Waals surface area contributed by atoms with Crippen molar-refractivity contribution in [2.45, 2.75) is 17.1 Å². The summed E-state index contributed by atoms with van der Waals surface area (Å²) in [7, 11) is 0. The Morgan fingerprint density at radius 2 is 1.46 bits per heavy atom. The second-order valence-corrected chi connectivity index (χ2v) is 9.98. The number of amides is 2. The van der Waals surface area contributed by atoms with Crippen molar-refractivity contribution in [1.82, 2.24) is 0 Å². The summed E-state index contributed by atoms with van der Waals surface area (Å²) >= 11 is 25.3. The van der Waals surface area contributed by atoms with Crippen LogP contribution in [0, 0.1) is 5.82 Å². The van der Waals surface area contributed by atoms with Crippen LogP contribution in [0.5, 0.6) is 0 Å². The predicted octanol–water partition coefficient (Wildman–Crippen LogP) is 7.51. The molecule has 0 saturated heterocycles. The Bertz CT molecular complexity index is 1320. The molecular formula is C23H15Cl4FN2O4S. The molecule has 35 heavy (non-hydrogen) atoms. The minimum Gasteiger partial charge on any atom is -0.478 e. The summed E-state index contributed by atoms with van der Waals surface area (Å²) in [5, 5.41) is 13.0. The van der Waals surface area contributed by atoms with Gasteiger partial charge in [-0.05, 0) is 49.4 Å². The Morgan fingerprint density at radius 1 is 0.857 bits per heavy atom. The van der Waals surface area contributed by atoms with E-state index in [1.807, 2.05) is 0 Å². The van der Waals surface area contributed by atoms with Crippen LogP contribution in [0.2, 0.25) is 20.1 Å². The predicted molar refractivity (Wildman–Crippen MR) is 138 cm³/mol. The van der Waals surface area contributed by atoms with Gasteiger partial charge in [0.1, 0.15) is 5.82 Å². The summed E-state index contributed by atoms with van der Waals surface area (Å²) in [5.74, 6) is -3.09. The summed E-state index contributed by atoms with van der Waals surface area (Å²) < 4.78 is 13.0. The zero-order valence-corrected chi connectivity index (χ0v) is 21.5. The van der Waals surface area contributed by atoms with Crippen molar-refractivity contribution in [3.63, 3.8) is 0 Å². The lowest BCUT2D eigenvalue weighted by atomic mass is 10.1. The van der Waals surface area contributed by atoms with Crippen molar-refractivity contribution in [3.05, 3.63) is 85.6 Å². The molecule has 3 aromatic carbocycles. The van der Waals surface area contributed by atoms with Gasteiger partial charge in [-0.1, -0.05) is 52.5 Å². The van der Waals surface area contributed by atoms with Gasteiger partial charge in [0.2, 0.25) is 5.91 Å². The highest BCUT2D eigenvalue weighted by atomic mass is 35.5. The van der Waals surface area contributed by atoms with Gasteiger partial charge in [0.25, 0.3) is 5.91 Å². The number of halogens is 5. The van der Waals surface area contributed by atoms with E-state index in [4.69, 9.17) is 46.4 Å². The van der Waals surface area contributed by atoms with Gasteiger partial charge < -0.3 is 15.7 Å². The number of benzene rings is 3. The van der Waals surface area contributed by atoms with Gasteiger partial charge in [0, 0.05) is 16.3 Å². The molecule has 3 N–H and O–H groups in total. The number of anilines is 2. The van der Waals surface area contributed by atoms with Gasteiger partial charge in [-0.3, -0.25) is 9.59 Å². The maximum absolute atomic E-state index is 13.0. The van der Waals surface area contributed by atoms with E-state index in [2.05, 4.69) is 10.6 Å². The molecule has 0 aromatic heterocycles. The standard InChI is InChI=1S/C23H15Cl4FN2O4S/c1-10(21(31)29-12-7-5-11(28)6-8-12)35-14-4-2-3-13(9-14)30-22(32)15-16(23(33)34)18(25)20(27)19(26)17(15)24/h2-10H,1H3,(H,29,31)(H,30,32)(H,33,34). The first-order valence-electron chi connectivity index (χ1n) is 9.73. The number of hydrogen-bond donors (Lipinski definition) is 3. The van der Waals surface area contributed by atoms with Crippen LogP contribution in [-0.2, 0) is 4.79 Å². The van der Waals surface area contributed by atoms with Crippen LogP contribution >= 0.6 is 58.2 Å². The quantitative estimate of drug-likeness (QED) is 0.154. The molecule has 0 aliphatic carbocycles. The van der Waals surface area contributed by atoms with Crippen LogP contribution < -0.4 is 10.6 Å². The van der Waals surface area contributed by atoms with Crippen molar-refractivity contribution < 1.29 is 23.9 Å². The molecule has 0 radical (unpaired) electrons. The van der Waals surface area contributed by atoms with Gasteiger partial charge in [-0.15, -0.1) is 11.8 Å². The fourth-order valence-corrected chi connectivity index (χ4v) is 4.87. The van der Waals surface area contributed by atoms with Crippen LogP contribution in [0.1, 0.15) is 27.6 Å². The Morgan fingerprint density at radius 3 is 2.06 bits per heavy atom. The molecule has 0 bridgehead atoms. The normalized spacial score (nSPS) is 11.6. The van der Waals surface area contributed by atoms with Gasteiger partial charge in [-0.25, -0.2) is 9.18 Å². The van der Waals surface area contributed by atoms with Crippen molar-refractivity contribution in [2.24, 2.45) is 0 Å². The van der Waals surface area contributed by atoms with E-state index in [0.717, 1.165) is 0 Å². The van der Waals surface area contributed by atoms with Gasteiger partial charge in [-0.2, -0.15) is 0 Å². The van der Waals surface area contributed by atoms with E-state index in [-0.39, 0.29) is 21.0 Å². The Labute approximate surface area is 223 Å². The Kier molecular flexibility index (Phi) is 8.90. The lowest BCUT2D eigenvalue weighted by Gasteiger charge is -2.15. The maximum atomic E-state index is 13.0. The minimum absolute atomic E-state index is 0.251. The van der Waals surface area contributed by atoms with Crippen LogP contribution in [0.25, 0.3) is 0 Å². The molecule has 0 spiro atoms. The third kappa shape index (κ3) is 6.39. The number of hydrogen-bond acceptors (Lipinski definition) is 4. The number of aromatic carboxylic acids is 1. The lowest BCUT2D eigenvalue weighted by molar-refractivity contribution is -0.115. The Hall–Kier alpha value is -2.49. The molecule has 1 unspecified atom stereocenters. The molecule has 182 valence electrons. The first-order valence-corrected chi connectivity index (χ1v) is 12.1. The summed E-state index contributed by atoms with van der Waals surface area (Å²) in [5.41, 5.74) is -0.263. The van der Waals surface area contributed by atoms with E-state index in [1.54, 1.807) is 31.2 Å². The minimum atomic E-state index is -1.51. The third-order valence-corrected chi connectivity index (χ3v) is 7.49. The van der Waals surface area contributed by atoms with Crippen molar-refractivity contribution in [1.29, 1.82) is 0 Å². The van der Waals surface area contributed by atoms with Gasteiger partial charge in [0.15, 0.2) is 0 Å². The van der Waals surface area contributed by atoms with Crippen LogP contribution in [-0.4, -0.2) is 28.1 Å². The zero-order chi connectivity index (χ0) is 25.9. The summed E-state index contributed by atoms with van der Waals surface area (Å²) in [6.07, 6.45) is 0. The monoisotopic (exact) mass is 574 g/mol. The highest BCUT2D eigenvalue weighted by Crippen LogP contribution is 2.42. The third-order valence-electron chi connectivity index (χ3n) is 4.59. The van der Waals surface area contributed by atoms with Crippen molar-refractivity contribution in [3.8, 4) is 0 Å². The summed E-state index contributed by atoms with van der Waals surface area (Å²) in [6, 6.07) is 11.9. The van der Waals surface area contributed by atoms with Crippen LogP contribution in [0.15, 0.2) is 53.4 Å². The molecule has 3 rings (SSSR count). The smallest absolute Gasteiger partial charge is 0.338 e. The molecule has 12 heteroatoms. The average Bonchev–Trinajstić information content (AvgIpc) is 2.81. The lowest BCUT2D eigenvalue weighted by Crippen LogP contribution is -2.22. The van der Waals surface area contributed by atoms with Crippen molar-refractivity contribution >= 4 is 87.3 Å². The molecule has 3 aromatic rings. The number of rotatable bonds is 7. The first kappa shape index (κ1) is 27.1. The number of nitrogens with one attached hydrogen (secondary N) is 2. The van der Waals surface area contributed by atoms with E-state index < -0.39 is 39.1 Å². The topological polar surface area (TPSA) is 95.5 Å². The molecule has 0 fully saturated rings. The molecular weight excluding hydrogens is 561 g/mol. The van der Waals surface area contributed by atoms with Crippen molar-refractivity contribution in [2.75, 3.05) is 10.6 Å². The molecule has 0 saturated carbocycles. The highest BCUT2D eigenvalue weighted by Gasteiger charge is 2.29. The van der Waals surface area contributed by atoms with Crippen LogP contribution in [0.4, 0.5) is 15.8 Å². The zero-order valence-electron chi connectivity index (χ0n) is 17.7. The van der Waals surface area contributed by atoms with E-state index in [9.17, 15) is 23.9 Å². The molecule has 0 heterocycles.